The van der Waals surface area contributed by atoms with E-state index in [1.54, 1.807) is 18.0 Å². The Morgan fingerprint density at radius 1 is 1.04 bits per heavy atom. The number of hydrogen-bond donors (Lipinski definition) is 0. The van der Waals surface area contributed by atoms with Crippen molar-refractivity contribution in [3.63, 3.8) is 0 Å². The van der Waals surface area contributed by atoms with E-state index >= 15 is 0 Å². The highest BCUT2D eigenvalue weighted by Crippen LogP contribution is 2.28. The molecule has 3 aromatic rings. The van der Waals surface area contributed by atoms with Gasteiger partial charge in [0.25, 0.3) is 17.7 Å². The molecule has 27 heavy (non-hydrogen) atoms. The number of fused-ring (bicyclic) bond motifs is 2. The van der Waals surface area contributed by atoms with Gasteiger partial charge in [0.05, 0.1) is 17.2 Å². The second kappa shape index (κ2) is 6.09. The molecule has 136 valence electrons. The third-order valence-corrected chi connectivity index (χ3v) is 5.09. The molecule has 1 unspecified atom stereocenters. The van der Waals surface area contributed by atoms with Gasteiger partial charge in [-0.2, -0.15) is 0 Å². The SMILES string of the molecule is CC(c1cc2ccccc2o1)N(C)C(=O)c1ccc2c(c1)C(=O)N(C)C2=O. The molecule has 0 fully saturated rings. The maximum absolute atomic E-state index is 12.9. The van der Waals surface area contributed by atoms with Gasteiger partial charge in [-0.1, -0.05) is 18.2 Å². The number of carbonyl (C=O) groups excluding carboxylic acids is 3. The van der Waals surface area contributed by atoms with E-state index in [1.807, 2.05) is 37.3 Å². The summed E-state index contributed by atoms with van der Waals surface area (Å²) in [4.78, 5) is 39.7. The number of benzene rings is 2. The van der Waals surface area contributed by atoms with Gasteiger partial charge in [0.15, 0.2) is 0 Å². The largest absolute Gasteiger partial charge is 0.459 e. The molecule has 0 aliphatic carbocycles. The van der Waals surface area contributed by atoms with Crippen LogP contribution in [0.4, 0.5) is 0 Å². The molecule has 6 nitrogen and oxygen atoms in total. The maximum Gasteiger partial charge on any atom is 0.261 e. The van der Waals surface area contributed by atoms with Crippen molar-refractivity contribution in [1.29, 1.82) is 0 Å². The summed E-state index contributed by atoms with van der Waals surface area (Å²) in [5.74, 6) is -0.310. The molecule has 0 N–H and O–H groups in total. The molecule has 2 aromatic carbocycles. The van der Waals surface area contributed by atoms with Crippen molar-refractivity contribution in [3.05, 3.63) is 71.0 Å². The zero-order valence-corrected chi connectivity index (χ0v) is 15.2. The third-order valence-electron chi connectivity index (χ3n) is 5.09. The molecule has 6 heteroatoms. The minimum Gasteiger partial charge on any atom is -0.459 e. The van der Waals surface area contributed by atoms with Gasteiger partial charge in [-0.3, -0.25) is 19.3 Å². The van der Waals surface area contributed by atoms with Gasteiger partial charge >= 0.3 is 0 Å². The van der Waals surface area contributed by atoms with E-state index in [0.29, 0.717) is 16.9 Å². The summed E-state index contributed by atoms with van der Waals surface area (Å²) < 4.78 is 5.86. The van der Waals surface area contributed by atoms with Crippen molar-refractivity contribution in [2.75, 3.05) is 14.1 Å². The summed E-state index contributed by atoms with van der Waals surface area (Å²) >= 11 is 0. The Kier molecular flexibility index (Phi) is 3.84. The Morgan fingerprint density at radius 3 is 2.48 bits per heavy atom. The Morgan fingerprint density at radius 2 is 1.74 bits per heavy atom. The third kappa shape index (κ3) is 2.61. The molecule has 2 heterocycles. The first kappa shape index (κ1) is 17.0. The maximum atomic E-state index is 12.9. The highest BCUT2D eigenvalue weighted by Gasteiger charge is 2.33. The van der Waals surface area contributed by atoms with Crippen LogP contribution in [0.1, 0.15) is 49.8 Å². The van der Waals surface area contributed by atoms with Crippen LogP contribution in [0.5, 0.6) is 0 Å². The lowest BCUT2D eigenvalue weighted by atomic mass is 10.0. The number of imide groups is 1. The zero-order chi connectivity index (χ0) is 19.3. The second-order valence-electron chi connectivity index (χ2n) is 6.71. The fraction of sp³-hybridized carbons (Fsp3) is 0.190. The highest BCUT2D eigenvalue weighted by atomic mass is 16.3. The molecule has 1 aliphatic heterocycles. The van der Waals surface area contributed by atoms with E-state index in [0.717, 1.165) is 15.9 Å². The molecule has 0 saturated heterocycles. The van der Waals surface area contributed by atoms with Gasteiger partial charge in [0.1, 0.15) is 11.3 Å². The number of hydrogen-bond acceptors (Lipinski definition) is 4. The summed E-state index contributed by atoms with van der Waals surface area (Å²) in [6.45, 7) is 1.88. The number of furan rings is 1. The average Bonchev–Trinajstić information content (AvgIpc) is 3.22. The van der Waals surface area contributed by atoms with Crippen molar-refractivity contribution in [2.45, 2.75) is 13.0 Å². The zero-order valence-electron chi connectivity index (χ0n) is 15.2. The number of amides is 3. The average molecular weight is 362 g/mol. The molecule has 3 amide bonds. The molecule has 1 aliphatic rings. The fourth-order valence-electron chi connectivity index (χ4n) is 3.27. The molecular formula is C21H18N2O4. The lowest BCUT2D eigenvalue weighted by Crippen LogP contribution is -2.29. The van der Waals surface area contributed by atoms with E-state index in [-0.39, 0.29) is 23.4 Å². The van der Waals surface area contributed by atoms with Crippen LogP contribution >= 0.6 is 0 Å². The number of nitrogens with zero attached hydrogens (tertiary/aromatic N) is 2. The molecule has 0 spiro atoms. The number of carbonyl (C=O) groups is 3. The molecule has 4 rings (SSSR count). The first-order valence-electron chi connectivity index (χ1n) is 8.60. The van der Waals surface area contributed by atoms with Crippen LogP contribution in [0, 0.1) is 0 Å². The summed E-state index contributed by atoms with van der Waals surface area (Å²) in [6, 6.07) is 13.9. The Bertz CT molecular complexity index is 1070. The predicted molar refractivity (Wildman–Crippen MR) is 99.6 cm³/mol. The van der Waals surface area contributed by atoms with E-state index < -0.39 is 5.91 Å². The van der Waals surface area contributed by atoms with Gasteiger partial charge < -0.3 is 9.32 Å². The van der Waals surface area contributed by atoms with E-state index in [4.69, 9.17) is 4.42 Å². The standard InChI is InChI=1S/C21H18N2O4/c1-12(18-11-13-6-4-5-7-17(13)27-18)22(2)19(24)14-8-9-15-16(10-14)21(26)23(3)20(15)25/h4-12H,1-3H3. The summed E-state index contributed by atoms with van der Waals surface area (Å²) in [5.41, 5.74) is 1.71. The van der Waals surface area contributed by atoms with Crippen LogP contribution in [0.2, 0.25) is 0 Å². The molecule has 1 aromatic heterocycles. The van der Waals surface area contributed by atoms with Gasteiger partial charge in [-0.25, -0.2) is 0 Å². The van der Waals surface area contributed by atoms with Crippen molar-refractivity contribution in [1.82, 2.24) is 9.80 Å². The van der Waals surface area contributed by atoms with Crippen LogP contribution in [-0.2, 0) is 0 Å². The lowest BCUT2D eigenvalue weighted by molar-refractivity contribution is 0.0692. The Balaban J connectivity index is 1.63. The minimum atomic E-state index is -0.391. The number of rotatable bonds is 3. The molecular weight excluding hydrogens is 344 g/mol. The summed E-state index contributed by atoms with van der Waals surface area (Å²) in [7, 11) is 3.12. The van der Waals surface area contributed by atoms with Gasteiger partial charge in [-0.05, 0) is 37.3 Å². The monoisotopic (exact) mass is 362 g/mol. The second-order valence-corrected chi connectivity index (χ2v) is 6.71. The Hall–Kier alpha value is -3.41. The first-order valence-corrected chi connectivity index (χ1v) is 8.60. The van der Waals surface area contributed by atoms with Crippen molar-refractivity contribution in [2.24, 2.45) is 0 Å². The van der Waals surface area contributed by atoms with Crippen LogP contribution in [0.3, 0.4) is 0 Å². The van der Waals surface area contributed by atoms with Crippen molar-refractivity contribution in [3.8, 4) is 0 Å². The quantitative estimate of drug-likeness (QED) is 0.669. The summed E-state index contributed by atoms with van der Waals surface area (Å²) in [6.07, 6.45) is 0. The van der Waals surface area contributed by atoms with Crippen molar-refractivity contribution >= 4 is 28.7 Å². The van der Waals surface area contributed by atoms with Crippen LogP contribution in [0.25, 0.3) is 11.0 Å². The fourth-order valence-corrected chi connectivity index (χ4v) is 3.27. The van der Waals surface area contributed by atoms with E-state index in [1.165, 1.54) is 19.2 Å². The molecule has 0 saturated carbocycles. The predicted octanol–water partition coefficient (Wildman–Crippen LogP) is 3.49. The smallest absolute Gasteiger partial charge is 0.261 e. The molecule has 0 bridgehead atoms. The van der Waals surface area contributed by atoms with Gasteiger partial charge in [-0.15, -0.1) is 0 Å². The molecule has 0 radical (unpaired) electrons. The Labute approximate surface area is 156 Å². The lowest BCUT2D eigenvalue weighted by Gasteiger charge is -2.23. The van der Waals surface area contributed by atoms with E-state index in [9.17, 15) is 14.4 Å². The molecule has 1 atom stereocenters. The first-order chi connectivity index (χ1) is 12.9. The van der Waals surface area contributed by atoms with Crippen LogP contribution in [-0.4, -0.2) is 41.6 Å². The van der Waals surface area contributed by atoms with Crippen LogP contribution < -0.4 is 0 Å². The normalized spacial score (nSPS) is 14.6. The minimum absolute atomic E-state index is 0.249. The van der Waals surface area contributed by atoms with Crippen LogP contribution in [0.15, 0.2) is 52.9 Å². The number of para-hydroxylation sites is 1. The van der Waals surface area contributed by atoms with Gasteiger partial charge in [0.2, 0.25) is 0 Å². The topological polar surface area (TPSA) is 70.8 Å². The van der Waals surface area contributed by atoms with Crippen molar-refractivity contribution < 1.29 is 18.8 Å². The summed E-state index contributed by atoms with van der Waals surface area (Å²) in [5, 5.41) is 0.977. The van der Waals surface area contributed by atoms with E-state index in [2.05, 4.69) is 0 Å². The van der Waals surface area contributed by atoms with Gasteiger partial charge in [0, 0.05) is 25.0 Å². The highest BCUT2D eigenvalue weighted by molar-refractivity contribution is 6.21.